The summed E-state index contributed by atoms with van der Waals surface area (Å²) in [5, 5.41) is 8.93. The van der Waals surface area contributed by atoms with Crippen LogP contribution in [0.5, 0.6) is 5.88 Å². The Balaban J connectivity index is 1.18. The van der Waals surface area contributed by atoms with Gasteiger partial charge >= 0.3 is 0 Å². The van der Waals surface area contributed by atoms with Crippen LogP contribution in [0.3, 0.4) is 0 Å². The topological polar surface area (TPSA) is 64.9 Å². The third-order valence-corrected chi connectivity index (χ3v) is 8.14. The SMILES string of the molecule is CC(C)N1C=CN(C[C@@H]2CCO2)C1[C@H](C)N1CCC(c2cccc(OCc3ccc(C#N)cc3F)n2)CC1. The number of nitriles is 1. The summed E-state index contributed by atoms with van der Waals surface area (Å²) >= 11 is 0. The molecule has 38 heavy (non-hydrogen) atoms. The van der Waals surface area contributed by atoms with E-state index in [0.717, 1.165) is 51.2 Å². The quantitative estimate of drug-likeness (QED) is 0.469. The molecule has 5 rings (SSSR count). The molecule has 202 valence electrons. The molecular formula is C30H38FN5O2. The van der Waals surface area contributed by atoms with Gasteiger partial charge in [-0.2, -0.15) is 5.26 Å². The Bertz CT molecular complexity index is 1170. The van der Waals surface area contributed by atoms with E-state index < -0.39 is 5.82 Å². The number of aromatic nitrogens is 1. The van der Waals surface area contributed by atoms with Crippen molar-refractivity contribution in [2.75, 3.05) is 26.2 Å². The number of benzene rings is 1. The van der Waals surface area contributed by atoms with Gasteiger partial charge in [-0.1, -0.05) is 12.1 Å². The van der Waals surface area contributed by atoms with Crippen molar-refractivity contribution >= 4 is 0 Å². The summed E-state index contributed by atoms with van der Waals surface area (Å²) in [6.45, 7) is 10.8. The molecule has 0 N–H and O–H groups in total. The zero-order chi connectivity index (χ0) is 26.6. The largest absolute Gasteiger partial charge is 0.473 e. The molecule has 2 saturated heterocycles. The maximum atomic E-state index is 14.2. The monoisotopic (exact) mass is 519 g/mol. The fourth-order valence-corrected chi connectivity index (χ4v) is 5.76. The molecule has 7 nitrogen and oxygen atoms in total. The van der Waals surface area contributed by atoms with Crippen LogP contribution < -0.4 is 4.74 Å². The lowest BCUT2D eigenvalue weighted by Gasteiger charge is -2.46. The van der Waals surface area contributed by atoms with Crippen LogP contribution in [0, 0.1) is 17.1 Å². The summed E-state index contributed by atoms with van der Waals surface area (Å²) in [5.74, 6) is 0.436. The average Bonchev–Trinajstić information content (AvgIpc) is 3.34. The van der Waals surface area contributed by atoms with E-state index in [0.29, 0.717) is 47.3 Å². The summed E-state index contributed by atoms with van der Waals surface area (Å²) in [5.41, 5.74) is 1.74. The van der Waals surface area contributed by atoms with Gasteiger partial charge in [0.1, 0.15) is 18.6 Å². The Morgan fingerprint density at radius 2 is 1.92 bits per heavy atom. The summed E-state index contributed by atoms with van der Waals surface area (Å²) < 4.78 is 25.8. The molecule has 3 aliphatic rings. The molecule has 2 aromatic rings. The van der Waals surface area contributed by atoms with Gasteiger partial charge in [-0.05, 0) is 71.3 Å². The Morgan fingerprint density at radius 3 is 2.58 bits per heavy atom. The smallest absolute Gasteiger partial charge is 0.213 e. The van der Waals surface area contributed by atoms with Crippen LogP contribution in [0.1, 0.15) is 62.8 Å². The molecule has 4 heterocycles. The zero-order valence-corrected chi connectivity index (χ0v) is 22.6. The van der Waals surface area contributed by atoms with Gasteiger partial charge in [-0.15, -0.1) is 0 Å². The maximum absolute atomic E-state index is 14.2. The first-order valence-corrected chi connectivity index (χ1v) is 13.8. The van der Waals surface area contributed by atoms with Crippen molar-refractivity contribution in [1.82, 2.24) is 19.7 Å². The highest BCUT2D eigenvalue weighted by Gasteiger charge is 2.38. The third-order valence-electron chi connectivity index (χ3n) is 8.14. The normalized spacial score (nSPS) is 22.9. The van der Waals surface area contributed by atoms with E-state index in [1.165, 1.54) is 6.07 Å². The number of pyridine rings is 1. The van der Waals surface area contributed by atoms with Gasteiger partial charge in [0, 0.05) is 60.9 Å². The second kappa shape index (κ2) is 11.7. The third kappa shape index (κ3) is 5.79. The van der Waals surface area contributed by atoms with Crippen LogP contribution in [0.2, 0.25) is 0 Å². The average molecular weight is 520 g/mol. The first-order valence-electron chi connectivity index (χ1n) is 13.8. The summed E-state index contributed by atoms with van der Waals surface area (Å²) in [7, 11) is 0. The minimum atomic E-state index is -0.436. The molecule has 0 radical (unpaired) electrons. The second-order valence-corrected chi connectivity index (χ2v) is 10.9. The highest BCUT2D eigenvalue weighted by atomic mass is 19.1. The van der Waals surface area contributed by atoms with Crippen LogP contribution in [0.25, 0.3) is 0 Å². The molecule has 1 unspecified atom stereocenters. The van der Waals surface area contributed by atoms with Gasteiger partial charge in [-0.25, -0.2) is 9.37 Å². The number of nitrogens with zero attached hydrogens (tertiary/aromatic N) is 5. The minimum Gasteiger partial charge on any atom is -0.473 e. The van der Waals surface area contributed by atoms with E-state index in [4.69, 9.17) is 19.7 Å². The molecule has 1 aromatic carbocycles. The lowest BCUT2D eigenvalue weighted by atomic mass is 9.92. The van der Waals surface area contributed by atoms with Crippen LogP contribution in [0.15, 0.2) is 48.8 Å². The van der Waals surface area contributed by atoms with Gasteiger partial charge in [0.05, 0.1) is 17.7 Å². The number of likely N-dealkylation sites (tertiary alicyclic amines) is 1. The number of rotatable bonds is 9. The molecule has 0 spiro atoms. The van der Waals surface area contributed by atoms with Gasteiger partial charge < -0.3 is 19.3 Å². The van der Waals surface area contributed by atoms with Gasteiger partial charge in [0.25, 0.3) is 0 Å². The number of hydrogen-bond donors (Lipinski definition) is 0. The van der Waals surface area contributed by atoms with Crippen LogP contribution in [-0.4, -0.2) is 70.3 Å². The Kier molecular flexibility index (Phi) is 8.15. The molecule has 0 aliphatic carbocycles. The van der Waals surface area contributed by atoms with E-state index in [2.05, 4.69) is 53.9 Å². The number of hydrogen-bond acceptors (Lipinski definition) is 7. The first-order chi connectivity index (χ1) is 18.4. The van der Waals surface area contributed by atoms with Gasteiger partial charge in [-0.3, -0.25) is 4.90 Å². The Morgan fingerprint density at radius 1 is 1.13 bits per heavy atom. The van der Waals surface area contributed by atoms with E-state index >= 15 is 0 Å². The summed E-state index contributed by atoms with van der Waals surface area (Å²) in [6, 6.07) is 13.1. The molecule has 0 saturated carbocycles. The van der Waals surface area contributed by atoms with E-state index in [1.54, 1.807) is 12.1 Å². The highest BCUT2D eigenvalue weighted by molar-refractivity contribution is 5.33. The second-order valence-electron chi connectivity index (χ2n) is 10.9. The van der Waals surface area contributed by atoms with Crippen LogP contribution in [0.4, 0.5) is 4.39 Å². The summed E-state index contributed by atoms with van der Waals surface area (Å²) in [4.78, 5) is 12.3. The molecule has 2 fully saturated rings. The fraction of sp³-hybridized carbons (Fsp3) is 0.533. The standard InChI is InChI=1S/C30H38FN5O2/c1-21(2)36-15-14-35(19-26-11-16-37-26)30(36)22(3)34-12-9-24(10-13-34)28-5-4-6-29(33-28)38-20-25-8-7-23(18-32)17-27(25)31/h4-8,14-15,17,21-22,24,26,30H,9-13,16,19-20H2,1-3H3/t22-,26-,30?/m0/s1. The predicted molar refractivity (Wildman–Crippen MR) is 144 cm³/mol. The number of halogens is 1. The molecule has 0 bridgehead atoms. The highest BCUT2D eigenvalue weighted by Crippen LogP contribution is 2.32. The van der Waals surface area contributed by atoms with Crippen molar-refractivity contribution in [3.05, 3.63) is 71.4 Å². The molecule has 3 atom stereocenters. The fourth-order valence-electron chi connectivity index (χ4n) is 5.76. The zero-order valence-electron chi connectivity index (χ0n) is 22.6. The van der Waals surface area contributed by atoms with E-state index in [-0.39, 0.29) is 6.61 Å². The molecule has 3 aliphatic heterocycles. The predicted octanol–water partition coefficient (Wildman–Crippen LogP) is 4.85. The van der Waals surface area contributed by atoms with E-state index in [9.17, 15) is 4.39 Å². The van der Waals surface area contributed by atoms with Crippen molar-refractivity contribution < 1.29 is 13.9 Å². The van der Waals surface area contributed by atoms with Gasteiger partial charge in [0.15, 0.2) is 0 Å². The van der Waals surface area contributed by atoms with Crippen molar-refractivity contribution in [1.29, 1.82) is 5.26 Å². The maximum Gasteiger partial charge on any atom is 0.213 e. The van der Waals surface area contributed by atoms with E-state index in [1.807, 2.05) is 18.2 Å². The lowest BCUT2D eigenvalue weighted by molar-refractivity contribution is -0.0775. The molecule has 1 aromatic heterocycles. The summed E-state index contributed by atoms with van der Waals surface area (Å²) in [6.07, 6.45) is 8.38. The lowest BCUT2D eigenvalue weighted by Crippen LogP contribution is -2.57. The molecule has 0 amide bonds. The van der Waals surface area contributed by atoms with Gasteiger partial charge in [0.2, 0.25) is 5.88 Å². The first kappa shape index (κ1) is 26.5. The number of piperidine rings is 1. The van der Waals surface area contributed by atoms with Crippen molar-refractivity contribution in [3.63, 3.8) is 0 Å². The van der Waals surface area contributed by atoms with Crippen LogP contribution >= 0.6 is 0 Å². The van der Waals surface area contributed by atoms with Crippen molar-refractivity contribution in [2.24, 2.45) is 0 Å². The van der Waals surface area contributed by atoms with Crippen LogP contribution in [-0.2, 0) is 11.3 Å². The van der Waals surface area contributed by atoms with Crippen molar-refractivity contribution in [2.45, 2.75) is 76.9 Å². The molecule has 8 heteroatoms. The number of ether oxygens (including phenoxy) is 2. The van der Waals surface area contributed by atoms with Crippen molar-refractivity contribution in [3.8, 4) is 11.9 Å². The Labute approximate surface area is 225 Å². The molecular weight excluding hydrogens is 481 g/mol. The minimum absolute atomic E-state index is 0.0775. The Hall–Kier alpha value is -3.15.